The molecule has 1 aliphatic heterocycles. The van der Waals surface area contributed by atoms with Crippen LogP contribution in [0, 0.1) is 6.92 Å². The van der Waals surface area contributed by atoms with E-state index in [2.05, 4.69) is 27.3 Å². The first-order valence-electron chi connectivity index (χ1n) is 9.60. The maximum absolute atomic E-state index is 13.3. The summed E-state index contributed by atoms with van der Waals surface area (Å²) < 4.78 is 7.07. The van der Waals surface area contributed by atoms with Crippen molar-refractivity contribution in [2.24, 2.45) is 0 Å². The van der Waals surface area contributed by atoms with Gasteiger partial charge in [-0.3, -0.25) is 4.79 Å². The number of amides is 1. The number of aryl methyl sites for hydroxylation is 1. The van der Waals surface area contributed by atoms with E-state index in [1.807, 2.05) is 42.3 Å². The Bertz CT molecular complexity index is 1020. The van der Waals surface area contributed by atoms with E-state index in [4.69, 9.17) is 4.74 Å². The second kappa shape index (κ2) is 7.90. The Morgan fingerprint density at radius 2 is 2.03 bits per heavy atom. The number of anilines is 1. The minimum Gasteiger partial charge on any atom is -0.493 e. The molecule has 0 unspecified atom stereocenters. The molecule has 3 aromatic heterocycles. The van der Waals surface area contributed by atoms with Crippen LogP contribution in [-0.2, 0) is 0 Å². The van der Waals surface area contributed by atoms with E-state index in [-0.39, 0.29) is 18.0 Å². The topological polar surface area (TPSA) is 85.2 Å². The van der Waals surface area contributed by atoms with Crippen molar-refractivity contribution < 1.29 is 9.53 Å². The van der Waals surface area contributed by atoms with Crippen molar-refractivity contribution in [3.63, 3.8) is 0 Å². The van der Waals surface area contributed by atoms with Gasteiger partial charge in [0.1, 0.15) is 0 Å². The molecule has 4 heterocycles. The lowest BCUT2D eigenvalue weighted by Crippen LogP contribution is -2.36. The normalized spacial score (nSPS) is 18.7. The fourth-order valence-corrected chi connectivity index (χ4v) is 3.70. The third-order valence-electron chi connectivity index (χ3n) is 5.11. The number of aromatic nitrogens is 4. The van der Waals surface area contributed by atoms with Crippen molar-refractivity contribution in [1.82, 2.24) is 24.6 Å². The van der Waals surface area contributed by atoms with Gasteiger partial charge in [0, 0.05) is 37.2 Å². The summed E-state index contributed by atoms with van der Waals surface area (Å²) in [5.74, 6) is 1.27. The van der Waals surface area contributed by atoms with Crippen molar-refractivity contribution in [1.29, 1.82) is 0 Å². The highest BCUT2D eigenvalue weighted by atomic mass is 16.5. The average molecular weight is 392 g/mol. The Morgan fingerprint density at radius 1 is 1.24 bits per heavy atom. The van der Waals surface area contributed by atoms with E-state index in [9.17, 15) is 4.79 Å². The molecule has 8 heteroatoms. The van der Waals surface area contributed by atoms with Crippen LogP contribution >= 0.6 is 0 Å². The number of hydrogen-bond acceptors (Lipinski definition) is 6. The smallest absolute Gasteiger partial charge is 0.275 e. The van der Waals surface area contributed by atoms with Crippen LogP contribution in [0.4, 0.5) is 5.82 Å². The second-order valence-corrected chi connectivity index (χ2v) is 7.27. The van der Waals surface area contributed by atoms with Gasteiger partial charge in [-0.2, -0.15) is 5.10 Å². The maximum Gasteiger partial charge on any atom is 0.275 e. The van der Waals surface area contributed by atoms with E-state index >= 15 is 0 Å². The predicted molar refractivity (Wildman–Crippen MR) is 109 cm³/mol. The molecule has 29 heavy (non-hydrogen) atoms. The van der Waals surface area contributed by atoms with Gasteiger partial charge in [-0.05, 0) is 50.1 Å². The summed E-state index contributed by atoms with van der Waals surface area (Å²) in [6.45, 7) is 4.58. The van der Waals surface area contributed by atoms with Gasteiger partial charge >= 0.3 is 0 Å². The third-order valence-corrected chi connectivity index (χ3v) is 5.11. The lowest BCUT2D eigenvalue weighted by molar-refractivity contribution is 0.0740. The highest BCUT2D eigenvalue weighted by Gasteiger charge is 2.35. The Kier molecular flexibility index (Phi) is 5.16. The Labute approximate surface area is 169 Å². The van der Waals surface area contributed by atoms with Crippen molar-refractivity contribution in [3.05, 3.63) is 60.3 Å². The molecule has 0 radical (unpaired) electrons. The predicted octanol–water partition coefficient (Wildman–Crippen LogP) is 2.69. The van der Waals surface area contributed by atoms with Crippen LogP contribution in [-0.4, -0.2) is 56.3 Å². The summed E-state index contributed by atoms with van der Waals surface area (Å²) in [5.41, 5.74) is 2.11. The molecule has 1 aliphatic rings. The molecule has 0 spiro atoms. The number of nitrogens with zero attached hydrogens (tertiary/aromatic N) is 5. The van der Waals surface area contributed by atoms with E-state index in [1.165, 1.54) is 0 Å². The van der Waals surface area contributed by atoms with Gasteiger partial charge in [0.15, 0.2) is 17.3 Å². The van der Waals surface area contributed by atoms with E-state index in [0.717, 1.165) is 12.0 Å². The number of carbonyl (C=O) groups excluding carboxylic acids is 1. The number of nitrogens with one attached hydrogen (secondary N) is 1. The number of carbonyl (C=O) groups is 1. The van der Waals surface area contributed by atoms with Gasteiger partial charge in [0.05, 0.1) is 19.0 Å². The summed E-state index contributed by atoms with van der Waals surface area (Å²) in [5, 5.41) is 7.74. The molecular formula is C21H24N6O2. The zero-order valence-corrected chi connectivity index (χ0v) is 16.7. The molecule has 1 N–H and O–H groups in total. The number of likely N-dealkylation sites (tertiary alicyclic amines) is 1. The lowest BCUT2D eigenvalue weighted by atomic mass is 10.2. The Hall–Kier alpha value is -3.42. The Morgan fingerprint density at radius 3 is 2.79 bits per heavy atom. The van der Waals surface area contributed by atoms with Crippen molar-refractivity contribution >= 4 is 11.7 Å². The molecule has 1 fully saturated rings. The molecular weight excluding hydrogens is 368 g/mol. The van der Waals surface area contributed by atoms with Gasteiger partial charge in [-0.1, -0.05) is 0 Å². The highest BCUT2D eigenvalue weighted by Crippen LogP contribution is 2.27. The second-order valence-electron chi connectivity index (χ2n) is 7.27. The largest absolute Gasteiger partial charge is 0.493 e. The molecule has 2 atom stereocenters. The van der Waals surface area contributed by atoms with Crippen molar-refractivity contribution in [2.75, 3.05) is 19.0 Å². The molecule has 0 aliphatic carbocycles. The molecule has 1 saturated heterocycles. The number of rotatable bonds is 5. The molecule has 0 aromatic carbocycles. The summed E-state index contributed by atoms with van der Waals surface area (Å²) in [4.78, 5) is 23.9. The van der Waals surface area contributed by atoms with Crippen LogP contribution in [0.1, 0.15) is 29.4 Å². The van der Waals surface area contributed by atoms with Crippen molar-refractivity contribution in [2.45, 2.75) is 32.4 Å². The van der Waals surface area contributed by atoms with Gasteiger partial charge in [0.2, 0.25) is 0 Å². The third kappa shape index (κ3) is 3.78. The minimum absolute atomic E-state index is 0.0731. The van der Waals surface area contributed by atoms with Crippen LogP contribution in [0.15, 0.2) is 49.1 Å². The standard InChI is InChI=1S/C21H24N6O2/c1-14-11-24-27(12-14)17-6-4-8-22-19(17)21(28)26-13-16(10-15(26)2)25-20-18(29-3)7-5-9-23-20/h4-9,11-12,15-16H,10,13H2,1-3H3,(H,23,25)/t15-,16-/m1/s1. The first-order chi connectivity index (χ1) is 14.1. The number of pyridine rings is 2. The lowest BCUT2D eigenvalue weighted by Gasteiger charge is -2.22. The summed E-state index contributed by atoms with van der Waals surface area (Å²) in [7, 11) is 1.62. The molecule has 0 saturated carbocycles. The summed E-state index contributed by atoms with van der Waals surface area (Å²) >= 11 is 0. The SMILES string of the molecule is COc1cccnc1N[C@@H]1C[C@@H](C)N(C(=O)c2ncccc2-n2cc(C)cn2)C1. The average Bonchev–Trinajstić information content (AvgIpc) is 3.33. The minimum atomic E-state index is -0.0986. The highest BCUT2D eigenvalue weighted by molar-refractivity contribution is 5.96. The van der Waals surface area contributed by atoms with Crippen LogP contribution in [0.2, 0.25) is 0 Å². The van der Waals surface area contributed by atoms with E-state index < -0.39 is 0 Å². The zero-order valence-electron chi connectivity index (χ0n) is 16.7. The number of ether oxygens (including phenoxy) is 1. The summed E-state index contributed by atoms with van der Waals surface area (Å²) in [6, 6.07) is 7.52. The summed E-state index contributed by atoms with van der Waals surface area (Å²) in [6.07, 6.45) is 7.83. The van der Waals surface area contributed by atoms with Gasteiger partial charge in [-0.25, -0.2) is 14.6 Å². The first kappa shape index (κ1) is 18.9. The fourth-order valence-electron chi connectivity index (χ4n) is 3.70. The van der Waals surface area contributed by atoms with E-state index in [1.54, 1.807) is 30.4 Å². The van der Waals surface area contributed by atoms with Crippen LogP contribution in [0.3, 0.4) is 0 Å². The zero-order chi connectivity index (χ0) is 20.4. The molecule has 150 valence electrons. The fraction of sp³-hybridized carbons (Fsp3) is 0.333. The van der Waals surface area contributed by atoms with Gasteiger partial charge in [0.25, 0.3) is 5.91 Å². The number of hydrogen-bond donors (Lipinski definition) is 1. The molecule has 1 amide bonds. The van der Waals surface area contributed by atoms with E-state index in [0.29, 0.717) is 29.5 Å². The first-order valence-corrected chi connectivity index (χ1v) is 9.60. The number of methoxy groups -OCH3 is 1. The molecule has 8 nitrogen and oxygen atoms in total. The van der Waals surface area contributed by atoms with Crippen LogP contribution in [0.5, 0.6) is 5.75 Å². The maximum atomic E-state index is 13.3. The van der Waals surface area contributed by atoms with Crippen LogP contribution < -0.4 is 10.1 Å². The van der Waals surface area contributed by atoms with Gasteiger partial charge in [-0.15, -0.1) is 0 Å². The molecule has 3 aromatic rings. The van der Waals surface area contributed by atoms with Crippen LogP contribution in [0.25, 0.3) is 5.69 Å². The molecule has 4 rings (SSSR count). The Balaban J connectivity index is 1.54. The van der Waals surface area contributed by atoms with Gasteiger partial charge < -0.3 is 15.0 Å². The molecule has 0 bridgehead atoms. The monoisotopic (exact) mass is 392 g/mol. The quantitative estimate of drug-likeness (QED) is 0.719. The van der Waals surface area contributed by atoms with Crippen molar-refractivity contribution in [3.8, 4) is 11.4 Å².